The fourth-order valence-electron chi connectivity index (χ4n) is 1.65. The monoisotopic (exact) mass is 294 g/mol. The van der Waals surface area contributed by atoms with Crippen LogP contribution in [0, 0.1) is 4.77 Å². The number of H-pyrrole nitrogens is 1. The van der Waals surface area contributed by atoms with Crippen LogP contribution in [0.1, 0.15) is 31.2 Å². The van der Waals surface area contributed by atoms with Crippen LogP contribution >= 0.6 is 23.8 Å². The molecule has 19 heavy (non-hydrogen) atoms. The third-order valence-electron chi connectivity index (χ3n) is 2.64. The number of hydrogen-bond acceptors (Lipinski definition) is 3. The van der Waals surface area contributed by atoms with Gasteiger partial charge in [0.2, 0.25) is 4.77 Å². The van der Waals surface area contributed by atoms with Gasteiger partial charge in [0, 0.05) is 11.4 Å². The minimum Gasteiger partial charge on any atom is -0.250 e. The lowest BCUT2D eigenvalue weighted by Gasteiger charge is -1.99. The van der Waals surface area contributed by atoms with Gasteiger partial charge in [0.1, 0.15) is 0 Å². The van der Waals surface area contributed by atoms with Gasteiger partial charge in [-0.05, 0) is 36.3 Å². The Balaban J connectivity index is 2.23. The zero-order chi connectivity index (χ0) is 13.7. The molecule has 2 aromatic rings. The van der Waals surface area contributed by atoms with Gasteiger partial charge < -0.3 is 0 Å². The zero-order valence-electron chi connectivity index (χ0n) is 10.6. The highest BCUT2D eigenvalue weighted by molar-refractivity contribution is 7.71. The maximum atomic E-state index is 5.93. The molecule has 100 valence electrons. The van der Waals surface area contributed by atoms with Gasteiger partial charge in [-0.25, -0.2) is 0 Å². The van der Waals surface area contributed by atoms with E-state index >= 15 is 0 Å². The first kappa shape index (κ1) is 14.0. The van der Waals surface area contributed by atoms with Crippen molar-refractivity contribution in [2.45, 2.75) is 26.2 Å². The third-order valence-corrected chi connectivity index (χ3v) is 3.14. The first-order chi connectivity index (χ1) is 9.20. The standard InChI is InChI=1S/C13H15ClN4S/c1-2-3-7-12-16-17-13(19)18(12)15-9-10-5-4-6-11(14)8-10/h4-6,8-9H,2-3,7H2,1H3,(H,17,19)/b15-9-. The Morgan fingerprint density at radius 2 is 2.37 bits per heavy atom. The van der Waals surface area contributed by atoms with Crippen molar-refractivity contribution in [2.75, 3.05) is 0 Å². The summed E-state index contributed by atoms with van der Waals surface area (Å²) in [5.74, 6) is 0.852. The van der Waals surface area contributed by atoms with E-state index in [2.05, 4.69) is 22.2 Å². The van der Waals surface area contributed by atoms with Crippen molar-refractivity contribution in [1.82, 2.24) is 14.9 Å². The number of unbranched alkanes of at least 4 members (excludes halogenated alkanes) is 1. The average molecular weight is 295 g/mol. The summed E-state index contributed by atoms with van der Waals surface area (Å²) in [5, 5.41) is 12.0. The Morgan fingerprint density at radius 1 is 1.53 bits per heavy atom. The van der Waals surface area contributed by atoms with Crippen LogP contribution in [0.25, 0.3) is 0 Å². The van der Waals surface area contributed by atoms with Crippen LogP contribution in [0.15, 0.2) is 29.4 Å². The van der Waals surface area contributed by atoms with Crippen molar-refractivity contribution in [3.8, 4) is 0 Å². The first-order valence-electron chi connectivity index (χ1n) is 6.17. The lowest BCUT2D eigenvalue weighted by atomic mass is 10.2. The second kappa shape index (κ2) is 6.63. The van der Waals surface area contributed by atoms with Gasteiger partial charge in [0.15, 0.2) is 5.82 Å². The quantitative estimate of drug-likeness (QED) is 0.673. The number of nitrogens with zero attached hydrogens (tertiary/aromatic N) is 3. The first-order valence-corrected chi connectivity index (χ1v) is 6.95. The number of aromatic amines is 1. The van der Waals surface area contributed by atoms with Gasteiger partial charge in [-0.1, -0.05) is 37.1 Å². The second-order valence-electron chi connectivity index (χ2n) is 4.16. The molecule has 2 rings (SSSR count). The number of halogens is 1. The van der Waals surface area contributed by atoms with E-state index in [9.17, 15) is 0 Å². The van der Waals surface area contributed by atoms with Crippen LogP contribution in [0.5, 0.6) is 0 Å². The molecule has 0 saturated heterocycles. The normalized spacial score (nSPS) is 11.3. The molecule has 0 radical (unpaired) electrons. The van der Waals surface area contributed by atoms with Crippen molar-refractivity contribution >= 4 is 30.0 Å². The highest BCUT2D eigenvalue weighted by Crippen LogP contribution is 2.09. The fourth-order valence-corrected chi connectivity index (χ4v) is 2.05. The molecule has 0 unspecified atom stereocenters. The maximum absolute atomic E-state index is 5.93. The van der Waals surface area contributed by atoms with E-state index in [1.165, 1.54) is 0 Å². The molecule has 6 heteroatoms. The van der Waals surface area contributed by atoms with Gasteiger partial charge in [0.25, 0.3) is 0 Å². The molecule has 1 heterocycles. The molecule has 0 amide bonds. The van der Waals surface area contributed by atoms with E-state index < -0.39 is 0 Å². The summed E-state index contributed by atoms with van der Waals surface area (Å²) in [7, 11) is 0. The van der Waals surface area contributed by atoms with Crippen molar-refractivity contribution in [3.63, 3.8) is 0 Å². The van der Waals surface area contributed by atoms with E-state index in [4.69, 9.17) is 23.8 Å². The average Bonchev–Trinajstić information content (AvgIpc) is 2.75. The van der Waals surface area contributed by atoms with Crippen molar-refractivity contribution < 1.29 is 0 Å². The van der Waals surface area contributed by atoms with Crippen molar-refractivity contribution in [1.29, 1.82) is 0 Å². The molecule has 0 fully saturated rings. The van der Waals surface area contributed by atoms with Gasteiger partial charge in [-0.2, -0.15) is 14.9 Å². The number of nitrogens with one attached hydrogen (secondary N) is 1. The number of benzene rings is 1. The highest BCUT2D eigenvalue weighted by atomic mass is 35.5. The summed E-state index contributed by atoms with van der Waals surface area (Å²) in [4.78, 5) is 0. The Labute approximate surface area is 122 Å². The van der Waals surface area contributed by atoms with Crippen LogP contribution in [-0.2, 0) is 6.42 Å². The molecular formula is C13H15ClN4S. The zero-order valence-corrected chi connectivity index (χ0v) is 12.2. The summed E-state index contributed by atoms with van der Waals surface area (Å²) in [5.41, 5.74) is 0.928. The topological polar surface area (TPSA) is 46.0 Å². The van der Waals surface area contributed by atoms with E-state index in [1.807, 2.05) is 24.3 Å². The molecule has 0 atom stereocenters. The van der Waals surface area contributed by atoms with E-state index in [0.717, 1.165) is 30.7 Å². The second-order valence-corrected chi connectivity index (χ2v) is 4.98. The van der Waals surface area contributed by atoms with Crippen LogP contribution in [0.4, 0.5) is 0 Å². The van der Waals surface area contributed by atoms with E-state index in [1.54, 1.807) is 10.9 Å². The minimum absolute atomic E-state index is 0.504. The van der Waals surface area contributed by atoms with Gasteiger partial charge in [-0.15, -0.1) is 0 Å². The maximum Gasteiger partial charge on any atom is 0.216 e. The van der Waals surface area contributed by atoms with E-state index in [0.29, 0.717) is 9.79 Å². The SMILES string of the molecule is CCCCc1n[nH]c(=S)n1/N=C\c1cccc(Cl)c1. The molecule has 4 nitrogen and oxygen atoms in total. The number of hydrogen-bond donors (Lipinski definition) is 1. The minimum atomic E-state index is 0.504. The molecule has 0 bridgehead atoms. The molecule has 0 aliphatic heterocycles. The molecule has 1 aromatic heterocycles. The largest absolute Gasteiger partial charge is 0.250 e. The summed E-state index contributed by atoms with van der Waals surface area (Å²) < 4.78 is 2.16. The lowest BCUT2D eigenvalue weighted by molar-refractivity contribution is 0.700. The molecule has 0 saturated carbocycles. The van der Waals surface area contributed by atoms with Crippen LogP contribution in [-0.4, -0.2) is 21.1 Å². The van der Waals surface area contributed by atoms with Crippen molar-refractivity contribution in [2.24, 2.45) is 5.10 Å². The van der Waals surface area contributed by atoms with Gasteiger partial charge in [-0.3, -0.25) is 5.10 Å². The summed E-state index contributed by atoms with van der Waals surface area (Å²) in [6.07, 6.45) is 4.76. The van der Waals surface area contributed by atoms with Gasteiger partial charge in [0.05, 0.1) is 6.21 Å². The molecule has 0 aliphatic carbocycles. The molecular weight excluding hydrogens is 280 g/mol. The van der Waals surface area contributed by atoms with Crippen LogP contribution < -0.4 is 0 Å². The summed E-state index contributed by atoms with van der Waals surface area (Å²) in [6, 6.07) is 7.50. The predicted octanol–water partition coefficient (Wildman–Crippen LogP) is 3.82. The summed E-state index contributed by atoms with van der Waals surface area (Å²) in [6.45, 7) is 2.14. The molecule has 0 aliphatic rings. The molecule has 0 spiro atoms. The Bertz CT molecular complexity index is 630. The number of rotatable bonds is 5. The van der Waals surface area contributed by atoms with E-state index in [-0.39, 0.29) is 0 Å². The van der Waals surface area contributed by atoms with Crippen LogP contribution in [0.3, 0.4) is 0 Å². The smallest absolute Gasteiger partial charge is 0.216 e. The Hall–Kier alpha value is -1.46. The predicted molar refractivity (Wildman–Crippen MR) is 80.5 cm³/mol. The van der Waals surface area contributed by atoms with Gasteiger partial charge >= 0.3 is 0 Å². The third kappa shape index (κ3) is 3.75. The Morgan fingerprint density at radius 3 is 3.11 bits per heavy atom. The van der Waals surface area contributed by atoms with Crippen molar-refractivity contribution in [3.05, 3.63) is 45.4 Å². The highest BCUT2D eigenvalue weighted by Gasteiger charge is 2.03. The number of aryl methyl sites for hydroxylation is 1. The fraction of sp³-hybridized carbons (Fsp3) is 0.308. The lowest BCUT2D eigenvalue weighted by Crippen LogP contribution is -1.99. The number of aromatic nitrogens is 3. The van der Waals surface area contributed by atoms with Crippen LogP contribution in [0.2, 0.25) is 5.02 Å². The molecule has 1 aromatic carbocycles. The molecule has 1 N–H and O–H groups in total. The Kier molecular flexibility index (Phi) is 4.87. The summed E-state index contributed by atoms with van der Waals surface area (Å²) >= 11 is 11.1.